The average molecular weight is 629 g/mol. The molecule has 0 radical (unpaired) electrons. The highest BCUT2D eigenvalue weighted by atomic mass is 35.5. The number of methoxy groups -OCH3 is 1. The number of halogens is 1. The highest BCUT2D eigenvalue weighted by Crippen LogP contribution is 2.40. The standard InChI is InChI=1S/C33H41ClN2O6S/c1-22-6-5-8-30(37)28-13-10-25(28)20-36-16-4-3-7-23-18-27(34)12-9-26(23)21-42-31-14-11-24(19-29(31)36)33(38)35-43(39,40)32(22)15-17-41-2/h5,8-9,11-12,14,18-19,22,25,28,32H,3-4,6-7,10,13,15-17,20-21H2,1-2H3,(H,35,38)/b8-5+/t22-,25-,28+,32+/m0/s1. The Bertz CT molecular complexity index is 1480. The first-order chi connectivity index (χ1) is 20.7. The number of hydrogen-bond donors (Lipinski definition) is 1. The Kier molecular flexibility index (Phi) is 10.1. The van der Waals surface area contributed by atoms with Crippen LogP contribution < -0.4 is 14.4 Å². The van der Waals surface area contributed by atoms with Crippen LogP contribution in [0, 0.1) is 17.8 Å². The van der Waals surface area contributed by atoms with Gasteiger partial charge in [0.2, 0.25) is 10.0 Å². The lowest BCUT2D eigenvalue weighted by atomic mass is 9.71. The SMILES string of the molecule is COCC[C@@H]1[C@@H](C)C/C=C/C(=O)[C@@H]2CC[C@H]2CN2CCCCc3cc(Cl)ccc3COc3ccc(cc32)C(=O)NS1(=O)=O. The summed E-state index contributed by atoms with van der Waals surface area (Å²) in [6, 6.07) is 10.9. The molecule has 1 saturated carbocycles. The van der Waals surface area contributed by atoms with Crippen molar-refractivity contribution in [2.45, 2.75) is 63.7 Å². The van der Waals surface area contributed by atoms with E-state index in [2.05, 4.69) is 9.62 Å². The number of sulfonamides is 1. The third kappa shape index (κ3) is 7.44. The second-order valence-corrected chi connectivity index (χ2v) is 14.4. The van der Waals surface area contributed by atoms with Crippen molar-refractivity contribution < 1.29 is 27.5 Å². The van der Waals surface area contributed by atoms with Gasteiger partial charge in [0.05, 0.1) is 10.9 Å². The van der Waals surface area contributed by atoms with Crippen LogP contribution in [0.1, 0.15) is 66.9 Å². The lowest BCUT2D eigenvalue weighted by molar-refractivity contribution is -0.122. The number of ether oxygens (including phenoxy) is 2. The zero-order valence-electron chi connectivity index (χ0n) is 24.9. The second-order valence-electron chi connectivity index (χ2n) is 12.0. The molecule has 1 aliphatic carbocycles. The van der Waals surface area contributed by atoms with E-state index in [4.69, 9.17) is 21.1 Å². The Morgan fingerprint density at radius 1 is 1.09 bits per heavy atom. The first-order valence-electron chi connectivity index (χ1n) is 15.2. The molecule has 1 N–H and O–H groups in total. The molecule has 10 heteroatoms. The van der Waals surface area contributed by atoms with Crippen LogP contribution >= 0.6 is 11.6 Å². The number of nitrogens with zero attached hydrogens (tertiary/aromatic N) is 1. The summed E-state index contributed by atoms with van der Waals surface area (Å²) in [5, 5.41) is -0.173. The van der Waals surface area contributed by atoms with Crippen LogP contribution in [-0.4, -0.2) is 52.2 Å². The zero-order chi connectivity index (χ0) is 30.6. The fourth-order valence-electron chi connectivity index (χ4n) is 6.44. The van der Waals surface area contributed by atoms with Gasteiger partial charge < -0.3 is 14.4 Å². The number of nitrogens with one attached hydrogen (secondary N) is 1. The summed E-state index contributed by atoms with van der Waals surface area (Å²) in [4.78, 5) is 28.9. The minimum atomic E-state index is -4.05. The third-order valence-electron chi connectivity index (χ3n) is 9.14. The summed E-state index contributed by atoms with van der Waals surface area (Å²) in [6.07, 6.45) is 8.54. The molecule has 2 bridgehead atoms. The summed E-state index contributed by atoms with van der Waals surface area (Å²) in [5.41, 5.74) is 3.18. The minimum Gasteiger partial charge on any atom is -0.487 e. The molecule has 1 amide bonds. The quantitative estimate of drug-likeness (QED) is 0.464. The number of aryl methyl sites for hydroxylation is 1. The largest absolute Gasteiger partial charge is 0.487 e. The molecule has 2 aromatic rings. The Morgan fingerprint density at radius 3 is 2.70 bits per heavy atom. The van der Waals surface area contributed by atoms with Crippen LogP contribution in [0.2, 0.25) is 5.02 Å². The van der Waals surface area contributed by atoms with Gasteiger partial charge in [-0.25, -0.2) is 13.1 Å². The Morgan fingerprint density at radius 2 is 1.93 bits per heavy atom. The maximum absolute atomic E-state index is 13.5. The highest BCUT2D eigenvalue weighted by Gasteiger charge is 2.37. The maximum Gasteiger partial charge on any atom is 0.264 e. The molecule has 43 heavy (non-hydrogen) atoms. The van der Waals surface area contributed by atoms with E-state index in [1.54, 1.807) is 30.4 Å². The van der Waals surface area contributed by atoms with Gasteiger partial charge >= 0.3 is 0 Å². The topological polar surface area (TPSA) is 102 Å². The molecule has 0 aromatic heterocycles. The molecule has 2 aromatic carbocycles. The van der Waals surface area contributed by atoms with Crippen molar-refractivity contribution in [3.05, 3.63) is 70.3 Å². The number of benzene rings is 2. The number of fused-ring (bicyclic) bond motifs is 3. The van der Waals surface area contributed by atoms with Crippen molar-refractivity contribution in [3.8, 4) is 5.75 Å². The van der Waals surface area contributed by atoms with Crippen LogP contribution in [0.5, 0.6) is 5.75 Å². The number of ketones is 1. The number of carbonyl (C=O) groups excluding carboxylic acids is 2. The van der Waals surface area contributed by atoms with E-state index in [-0.39, 0.29) is 42.1 Å². The smallest absolute Gasteiger partial charge is 0.264 e. The van der Waals surface area contributed by atoms with Crippen LogP contribution in [0.15, 0.2) is 48.6 Å². The van der Waals surface area contributed by atoms with Gasteiger partial charge in [-0.1, -0.05) is 30.7 Å². The molecule has 4 atom stereocenters. The molecule has 2 aliphatic heterocycles. The molecule has 2 heterocycles. The van der Waals surface area contributed by atoms with Crippen molar-refractivity contribution in [2.24, 2.45) is 17.8 Å². The summed E-state index contributed by atoms with van der Waals surface area (Å²) in [7, 11) is -2.53. The van der Waals surface area contributed by atoms with Gasteiger partial charge in [0, 0.05) is 43.3 Å². The van der Waals surface area contributed by atoms with Gasteiger partial charge in [-0.2, -0.15) is 0 Å². The molecule has 0 spiro atoms. The van der Waals surface area contributed by atoms with Crippen molar-refractivity contribution in [1.29, 1.82) is 0 Å². The average Bonchev–Trinajstić information content (AvgIpc) is 2.97. The monoisotopic (exact) mass is 628 g/mol. The number of carbonyl (C=O) groups is 2. The van der Waals surface area contributed by atoms with Crippen molar-refractivity contribution >= 4 is 39.0 Å². The van der Waals surface area contributed by atoms with Gasteiger partial charge in [0.25, 0.3) is 5.91 Å². The molecule has 0 unspecified atom stereocenters. The van der Waals surface area contributed by atoms with E-state index < -0.39 is 21.2 Å². The number of rotatable bonds is 3. The van der Waals surface area contributed by atoms with Gasteiger partial charge in [-0.3, -0.25) is 9.59 Å². The Balaban J connectivity index is 1.54. The molecule has 0 saturated heterocycles. The van der Waals surface area contributed by atoms with E-state index in [0.29, 0.717) is 36.9 Å². The van der Waals surface area contributed by atoms with E-state index in [1.165, 1.54) is 7.11 Å². The minimum absolute atomic E-state index is 0.0760. The molecule has 1 fully saturated rings. The number of amides is 1. The fraction of sp³-hybridized carbons (Fsp3) is 0.515. The van der Waals surface area contributed by atoms with Gasteiger partial charge in [-0.05, 0) is 104 Å². The van der Waals surface area contributed by atoms with Gasteiger partial charge in [-0.15, -0.1) is 0 Å². The molecular formula is C33H41ClN2O6S. The van der Waals surface area contributed by atoms with Crippen molar-refractivity contribution in [3.63, 3.8) is 0 Å². The van der Waals surface area contributed by atoms with Crippen LogP contribution in [0.4, 0.5) is 5.69 Å². The molecule has 8 nitrogen and oxygen atoms in total. The number of hydrogen-bond acceptors (Lipinski definition) is 7. The fourth-order valence-corrected chi connectivity index (χ4v) is 8.29. The maximum atomic E-state index is 13.5. The summed E-state index contributed by atoms with van der Waals surface area (Å²) in [5.74, 6) is -0.195. The number of anilines is 1. The Hall–Kier alpha value is -2.88. The van der Waals surface area contributed by atoms with E-state index >= 15 is 0 Å². The van der Waals surface area contributed by atoms with E-state index in [0.717, 1.165) is 48.9 Å². The van der Waals surface area contributed by atoms with Crippen LogP contribution in [-0.2, 0) is 32.6 Å². The zero-order valence-corrected chi connectivity index (χ0v) is 26.5. The lowest BCUT2D eigenvalue weighted by Crippen LogP contribution is -2.43. The second kappa shape index (κ2) is 13.8. The summed E-state index contributed by atoms with van der Waals surface area (Å²) >= 11 is 6.30. The van der Waals surface area contributed by atoms with Crippen molar-refractivity contribution in [1.82, 2.24) is 4.72 Å². The first kappa shape index (κ1) is 31.5. The Labute approximate surface area is 259 Å². The lowest BCUT2D eigenvalue weighted by Gasteiger charge is -2.40. The molecule has 3 aliphatic rings. The predicted octanol–water partition coefficient (Wildman–Crippen LogP) is 5.72. The number of allylic oxidation sites excluding steroid dienone is 2. The van der Waals surface area contributed by atoms with Crippen LogP contribution in [0.3, 0.4) is 0 Å². The van der Waals surface area contributed by atoms with Gasteiger partial charge in [0.15, 0.2) is 5.78 Å². The molecule has 232 valence electrons. The van der Waals surface area contributed by atoms with Gasteiger partial charge in [0.1, 0.15) is 12.4 Å². The van der Waals surface area contributed by atoms with E-state index in [1.807, 2.05) is 25.1 Å². The molecular weight excluding hydrogens is 588 g/mol. The van der Waals surface area contributed by atoms with Crippen molar-refractivity contribution in [2.75, 3.05) is 31.7 Å². The molecule has 5 rings (SSSR count). The first-order valence-corrected chi connectivity index (χ1v) is 17.1. The van der Waals surface area contributed by atoms with E-state index in [9.17, 15) is 18.0 Å². The summed E-state index contributed by atoms with van der Waals surface area (Å²) < 4.78 is 40.9. The van der Waals surface area contributed by atoms with Crippen LogP contribution in [0.25, 0.3) is 0 Å². The normalized spacial score (nSPS) is 26.9. The third-order valence-corrected chi connectivity index (χ3v) is 11.3. The summed E-state index contributed by atoms with van der Waals surface area (Å²) in [6.45, 7) is 3.76. The predicted molar refractivity (Wildman–Crippen MR) is 168 cm³/mol. The highest BCUT2D eigenvalue weighted by molar-refractivity contribution is 7.90.